The molecule has 0 fully saturated rings. The summed E-state index contributed by atoms with van der Waals surface area (Å²) < 4.78 is 27.8. The predicted molar refractivity (Wildman–Crippen MR) is 122 cm³/mol. The van der Waals surface area contributed by atoms with Crippen LogP contribution >= 0.6 is 11.8 Å². The van der Waals surface area contributed by atoms with Gasteiger partial charge in [0, 0.05) is 17.1 Å². The van der Waals surface area contributed by atoms with Gasteiger partial charge in [0.05, 0.1) is 16.3 Å². The molecule has 1 heterocycles. The third-order valence-electron chi connectivity index (χ3n) is 4.91. The summed E-state index contributed by atoms with van der Waals surface area (Å²) in [5, 5.41) is 2.82. The molecule has 7 heteroatoms. The second-order valence-corrected chi connectivity index (χ2v) is 9.89. The zero-order valence-electron chi connectivity index (χ0n) is 16.3. The molecule has 154 valence electrons. The maximum Gasteiger partial charge on any atom is 0.264 e. The highest BCUT2D eigenvalue weighted by atomic mass is 32.2. The summed E-state index contributed by atoms with van der Waals surface area (Å²) in [6.45, 7) is 0.467. The number of hydrogen-bond donors (Lipinski definition) is 1. The molecule has 1 aliphatic rings. The van der Waals surface area contributed by atoms with Crippen LogP contribution in [0.25, 0.3) is 0 Å². The number of para-hydroxylation sites is 1. The molecule has 1 aliphatic heterocycles. The summed E-state index contributed by atoms with van der Waals surface area (Å²) in [7, 11) is -3.65. The number of fused-ring (bicyclic) bond motifs is 1. The predicted octanol–water partition coefficient (Wildman–Crippen LogP) is 4.56. The molecule has 0 aliphatic carbocycles. The van der Waals surface area contributed by atoms with E-state index >= 15 is 0 Å². The molecular formula is C23H22N2O3S2. The minimum Gasteiger partial charge on any atom is -0.325 e. The van der Waals surface area contributed by atoms with Crippen molar-refractivity contribution in [3.05, 3.63) is 84.4 Å². The first kappa shape index (κ1) is 20.5. The minimum atomic E-state index is -3.65. The van der Waals surface area contributed by atoms with Crippen LogP contribution in [0.5, 0.6) is 0 Å². The topological polar surface area (TPSA) is 66.5 Å². The van der Waals surface area contributed by atoms with E-state index in [0.29, 0.717) is 12.2 Å². The Hall–Kier alpha value is -2.77. The van der Waals surface area contributed by atoms with Crippen LogP contribution in [0, 0.1) is 0 Å². The van der Waals surface area contributed by atoms with Crippen LogP contribution in [0.2, 0.25) is 0 Å². The van der Waals surface area contributed by atoms with E-state index in [1.807, 2.05) is 54.6 Å². The van der Waals surface area contributed by atoms with Crippen LogP contribution in [0.15, 0.2) is 88.7 Å². The number of aryl methyl sites for hydroxylation is 1. The highest BCUT2D eigenvalue weighted by Crippen LogP contribution is 2.32. The molecule has 0 saturated heterocycles. The summed E-state index contributed by atoms with van der Waals surface area (Å²) in [4.78, 5) is 13.4. The summed E-state index contributed by atoms with van der Waals surface area (Å²) in [6, 6.07) is 23.7. The Labute approximate surface area is 181 Å². The number of rotatable bonds is 6. The molecule has 3 aromatic carbocycles. The van der Waals surface area contributed by atoms with Gasteiger partial charge in [-0.2, -0.15) is 0 Å². The Bertz CT molecular complexity index is 1130. The van der Waals surface area contributed by atoms with Crippen molar-refractivity contribution in [2.24, 2.45) is 0 Å². The van der Waals surface area contributed by atoms with Crippen LogP contribution in [-0.4, -0.2) is 26.6 Å². The van der Waals surface area contributed by atoms with E-state index in [2.05, 4.69) is 5.32 Å². The zero-order chi connectivity index (χ0) is 21.0. The van der Waals surface area contributed by atoms with E-state index in [0.717, 1.165) is 29.0 Å². The van der Waals surface area contributed by atoms with Gasteiger partial charge in [-0.1, -0.05) is 36.4 Å². The monoisotopic (exact) mass is 438 g/mol. The number of sulfonamides is 1. The van der Waals surface area contributed by atoms with Crippen molar-refractivity contribution >= 4 is 39.1 Å². The van der Waals surface area contributed by atoms with Crippen molar-refractivity contribution in [2.75, 3.05) is 21.9 Å². The highest BCUT2D eigenvalue weighted by molar-refractivity contribution is 8.00. The normalized spacial score (nSPS) is 13.5. The van der Waals surface area contributed by atoms with Gasteiger partial charge < -0.3 is 5.32 Å². The van der Waals surface area contributed by atoms with Crippen LogP contribution < -0.4 is 9.62 Å². The van der Waals surface area contributed by atoms with Crippen molar-refractivity contribution in [3.8, 4) is 0 Å². The molecule has 0 atom stereocenters. The van der Waals surface area contributed by atoms with Crippen LogP contribution in [0.4, 0.5) is 11.4 Å². The highest BCUT2D eigenvalue weighted by Gasteiger charge is 2.28. The SMILES string of the molecule is O=C(CSc1ccccc1)Nc1ccc(S(=O)(=O)N2CCCc3ccccc32)cc1. The third kappa shape index (κ3) is 4.52. The summed E-state index contributed by atoms with van der Waals surface area (Å²) in [6.07, 6.45) is 1.68. The van der Waals surface area contributed by atoms with Gasteiger partial charge in [-0.25, -0.2) is 8.42 Å². The molecule has 0 saturated carbocycles. The van der Waals surface area contributed by atoms with E-state index in [4.69, 9.17) is 0 Å². The Morgan fingerprint density at radius 3 is 2.40 bits per heavy atom. The molecule has 0 bridgehead atoms. The number of nitrogens with one attached hydrogen (secondary N) is 1. The maximum absolute atomic E-state index is 13.2. The summed E-state index contributed by atoms with van der Waals surface area (Å²) >= 11 is 1.45. The van der Waals surface area contributed by atoms with Gasteiger partial charge in [0.1, 0.15) is 0 Å². The smallest absolute Gasteiger partial charge is 0.264 e. The fourth-order valence-electron chi connectivity index (χ4n) is 3.45. The number of carbonyl (C=O) groups excluding carboxylic acids is 1. The zero-order valence-corrected chi connectivity index (χ0v) is 18.0. The molecular weight excluding hydrogens is 416 g/mol. The number of hydrogen-bond acceptors (Lipinski definition) is 4. The van der Waals surface area contributed by atoms with E-state index in [9.17, 15) is 13.2 Å². The Balaban J connectivity index is 1.44. The number of anilines is 2. The first-order valence-electron chi connectivity index (χ1n) is 9.72. The largest absolute Gasteiger partial charge is 0.325 e. The fourth-order valence-corrected chi connectivity index (χ4v) is 5.71. The second-order valence-electron chi connectivity index (χ2n) is 6.98. The van der Waals surface area contributed by atoms with E-state index < -0.39 is 10.0 Å². The molecule has 0 unspecified atom stereocenters. The number of thioether (sulfide) groups is 1. The van der Waals surface area contributed by atoms with Crippen molar-refractivity contribution in [2.45, 2.75) is 22.6 Å². The van der Waals surface area contributed by atoms with Crippen molar-refractivity contribution in [1.82, 2.24) is 0 Å². The number of amides is 1. The van der Waals surface area contributed by atoms with Crippen LogP contribution in [-0.2, 0) is 21.2 Å². The lowest BCUT2D eigenvalue weighted by Crippen LogP contribution is -2.35. The molecule has 30 heavy (non-hydrogen) atoms. The number of benzene rings is 3. The summed E-state index contributed by atoms with van der Waals surface area (Å²) in [5.41, 5.74) is 2.37. The molecule has 0 radical (unpaired) electrons. The van der Waals surface area contributed by atoms with Crippen molar-refractivity contribution < 1.29 is 13.2 Å². The van der Waals surface area contributed by atoms with Gasteiger partial charge >= 0.3 is 0 Å². The lowest BCUT2D eigenvalue weighted by atomic mass is 10.0. The average molecular weight is 439 g/mol. The van der Waals surface area contributed by atoms with Crippen LogP contribution in [0.1, 0.15) is 12.0 Å². The lowest BCUT2D eigenvalue weighted by molar-refractivity contribution is -0.113. The van der Waals surface area contributed by atoms with Crippen LogP contribution in [0.3, 0.4) is 0 Å². The van der Waals surface area contributed by atoms with E-state index in [1.165, 1.54) is 16.1 Å². The Kier molecular flexibility index (Phi) is 6.11. The van der Waals surface area contributed by atoms with Gasteiger partial charge in [0.15, 0.2) is 0 Å². The van der Waals surface area contributed by atoms with E-state index in [1.54, 1.807) is 24.3 Å². The van der Waals surface area contributed by atoms with Gasteiger partial charge in [-0.3, -0.25) is 9.10 Å². The quantitative estimate of drug-likeness (QED) is 0.573. The first-order valence-corrected chi connectivity index (χ1v) is 12.1. The number of carbonyl (C=O) groups is 1. The molecule has 1 amide bonds. The average Bonchev–Trinajstić information content (AvgIpc) is 2.78. The number of nitrogens with zero attached hydrogens (tertiary/aromatic N) is 1. The van der Waals surface area contributed by atoms with E-state index in [-0.39, 0.29) is 16.6 Å². The molecule has 5 nitrogen and oxygen atoms in total. The first-order chi connectivity index (χ1) is 14.5. The maximum atomic E-state index is 13.2. The molecule has 4 rings (SSSR count). The summed E-state index contributed by atoms with van der Waals surface area (Å²) in [5.74, 6) is 0.152. The minimum absolute atomic E-state index is 0.135. The third-order valence-corrected chi connectivity index (χ3v) is 7.75. The lowest BCUT2D eigenvalue weighted by Gasteiger charge is -2.30. The molecule has 0 aromatic heterocycles. The molecule has 0 spiro atoms. The van der Waals surface area contributed by atoms with Crippen molar-refractivity contribution in [1.29, 1.82) is 0 Å². The standard InChI is InChI=1S/C23H22N2O3S2/c26-23(17-29-20-9-2-1-3-10-20)24-19-12-14-21(15-13-19)30(27,28)25-16-6-8-18-7-4-5-11-22(18)25/h1-5,7,9-15H,6,8,16-17H2,(H,24,26). The second kappa shape index (κ2) is 8.93. The fraction of sp³-hybridized carbons (Fsp3) is 0.174. The Morgan fingerprint density at radius 2 is 1.63 bits per heavy atom. The Morgan fingerprint density at radius 1 is 0.933 bits per heavy atom. The van der Waals surface area contributed by atoms with Gasteiger partial charge in [-0.05, 0) is 60.9 Å². The molecule has 3 aromatic rings. The van der Waals surface area contributed by atoms with Gasteiger partial charge in [0.25, 0.3) is 10.0 Å². The molecule has 1 N–H and O–H groups in total. The van der Waals surface area contributed by atoms with Gasteiger partial charge in [0.2, 0.25) is 5.91 Å². The van der Waals surface area contributed by atoms with Gasteiger partial charge in [-0.15, -0.1) is 11.8 Å². The van der Waals surface area contributed by atoms with Crippen molar-refractivity contribution in [3.63, 3.8) is 0 Å².